The molecule has 0 atom stereocenters. The van der Waals surface area contributed by atoms with Gasteiger partial charge in [-0.25, -0.2) is 4.98 Å². The molecule has 0 spiro atoms. The first-order valence-electron chi connectivity index (χ1n) is 7.01. The Bertz CT molecular complexity index is 436. The molecule has 8 heteroatoms. The molecule has 1 aromatic rings. The maximum atomic E-state index is 12.7. The van der Waals surface area contributed by atoms with Gasteiger partial charge in [-0.15, -0.1) is 0 Å². The Morgan fingerprint density at radius 2 is 1.90 bits per heavy atom. The predicted molar refractivity (Wildman–Crippen MR) is 77.5 cm³/mol. The van der Waals surface area contributed by atoms with Gasteiger partial charge in [0.15, 0.2) is 5.69 Å². The van der Waals surface area contributed by atoms with Crippen molar-refractivity contribution < 1.29 is 13.2 Å². The number of likely N-dealkylation sites (N-methyl/N-ethyl adjacent to an activating group) is 1. The lowest BCUT2D eigenvalue weighted by Crippen LogP contribution is -2.29. The minimum absolute atomic E-state index is 0.0479. The topological polar surface area (TPSA) is 53.1 Å². The second-order valence-electron chi connectivity index (χ2n) is 4.57. The molecule has 120 valence electrons. The number of halogens is 3. The van der Waals surface area contributed by atoms with Gasteiger partial charge in [0.25, 0.3) is 0 Å². The van der Waals surface area contributed by atoms with Gasteiger partial charge in [0.05, 0.1) is 0 Å². The molecule has 0 bridgehead atoms. The molecule has 0 aliphatic carbocycles. The van der Waals surface area contributed by atoms with Gasteiger partial charge in [0, 0.05) is 26.2 Å². The maximum absolute atomic E-state index is 12.7. The van der Waals surface area contributed by atoms with Crippen LogP contribution in [0.5, 0.6) is 0 Å². The van der Waals surface area contributed by atoms with Gasteiger partial charge < -0.3 is 15.5 Å². The molecule has 21 heavy (non-hydrogen) atoms. The smallest absolute Gasteiger partial charge is 0.369 e. The molecular weight excluding hydrogens is 283 g/mol. The Morgan fingerprint density at radius 1 is 1.19 bits per heavy atom. The summed E-state index contributed by atoms with van der Waals surface area (Å²) in [5.41, 5.74) is -0.953. The van der Waals surface area contributed by atoms with Crippen molar-refractivity contribution in [3.8, 4) is 0 Å². The summed E-state index contributed by atoms with van der Waals surface area (Å²) in [7, 11) is 1.49. The largest absolute Gasteiger partial charge is 0.433 e. The molecule has 0 aromatic carbocycles. The molecule has 0 radical (unpaired) electrons. The van der Waals surface area contributed by atoms with Crippen LogP contribution in [-0.2, 0) is 6.18 Å². The van der Waals surface area contributed by atoms with Crippen LogP contribution >= 0.6 is 0 Å². The van der Waals surface area contributed by atoms with Gasteiger partial charge >= 0.3 is 6.18 Å². The van der Waals surface area contributed by atoms with Crippen LogP contribution < -0.4 is 10.6 Å². The molecule has 0 amide bonds. The van der Waals surface area contributed by atoms with Gasteiger partial charge in [-0.2, -0.15) is 18.2 Å². The molecule has 0 aliphatic rings. The van der Waals surface area contributed by atoms with Crippen molar-refractivity contribution in [1.82, 2.24) is 14.9 Å². The monoisotopic (exact) mass is 305 g/mol. The minimum atomic E-state index is -4.48. The standard InChI is InChI=1S/C13H22F3N5/c1-4-7-21(5-2)8-6-18-11-9-10(13(14,15)16)19-12(17-3)20-11/h9H,4-8H2,1-3H3,(H2,17,18,19,20). The van der Waals surface area contributed by atoms with E-state index in [1.165, 1.54) is 7.05 Å². The van der Waals surface area contributed by atoms with Crippen LogP contribution in [0.2, 0.25) is 0 Å². The van der Waals surface area contributed by atoms with Crippen LogP contribution in [0.4, 0.5) is 24.9 Å². The summed E-state index contributed by atoms with van der Waals surface area (Å²) in [5.74, 6) is 0.127. The quantitative estimate of drug-likeness (QED) is 0.773. The van der Waals surface area contributed by atoms with Crippen LogP contribution in [0.3, 0.4) is 0 Å². The van der Waals surface area contributed by atoms with Crippen LogP contribution in [0, 0.1) is 0 Å². The van der Waals surface area contributed by atoms with E-state index in [1.807, 2.05) is 0 Å². The number of rotatable bonds is 8. The molecule has 0 saturated carbocycles. The summed E-state index contributed by atoms with van der Waals surface area (Å²) in [4.78, 5) is 9.62. The fourth-order valence-corrected chi connectivity index (χ4v) is 1.88. The zero-order valence-corrected chi connectivity index (χ0v) is 12.6. The Kier molecular flexibility index (Phi) is 6.67. The lowest BCUT2D eigenvalue weighted by Gasteiger charge is -2.20. The average Bonchev–Trinajstić information content (AvgIpc) is 2.45. The third-order valence-corrected chi connectivity index (χ3v) is 2.96. The summed E-state index contributed by atoms with van der Waals surface area (Å²) in [6.07, 6.45) is -3.44. The summed E-state index contributed by atoms with van der Waals surface area (Å²) in [6.45, 7) is 7.32. The zero-order chi connectivity index (χ0) is 15.9. The predicted octanol–water partition coefficient (Wildman–Crippen LogP) is 2.68. The van der Waals surface area contributed by atoms with E-state index in [9.17, 15) is 13.2 Å². The fourth-order valence-electron chi connectivity index (χ4n) is 1.88. The molecule has 2 N–H and O–H groups in total. The van der Waals surface area contributed by atoms with E-state index in [2.05, 4.69) is 39.3 Å². The van der Waals surface area contributed by atoms with Crippen molar-refractivity contribution in [1.29, 1.82) is 0 Å². The molecule has 0 saturated heterocycles. The molecule has 1 heterocycles. The summed E-state index contributed by atoms with van der Waals surface area (Å²) < 4.78 is 38.2. The van der Waals surface area contributed by atoms with Gasteiger partial charge in [-0.05, 0) is 19.5 Å². The van der Waals surface area contributed by atoms with Gasteiger partial charge in [0.2, 0.25) is 5.95 Å². The van der Waals surface area contributed by atoms with E-state index < -0.39 is 11.9 Å². The summed E-state index contributed by atoms with van der Waals surface area (Å²) >= 11 is 0. The Hall–Kier alpha value is -1.57. The van der Waals surface area contributed by atoms with Crippen molar-refractivity contribution in [3.05, 3.63) is 11.8 Å². The second-order valence-corrected chi connectivity index (χ2v) is 4.57. The fraction of sp³-hybridized carbons (Fsp3) is 0.692. The van der Waals surface area contributed by atoms with Crippen LogP contribution in [-0.4, -0.2) is 48.1 Å². The minimum Gasteiger partial charge on any atom is -0.369 e. The van der Waals surface area contributed by atoms with E-state index in [1.54, 1.807) is 0 Å². The summed E-state index contributed by atoms with van der Waals surface area (Å²) in [5, 5.41) is 5.46. The lowest BCUT2D eigenvalue weighted by atomic mass is 10.3. The van der Waals surface area contributed by atoms with Crippen molar-refractivity contribution >= 4 is 11.8 Å². The number of hydrogen-bond donors (Lipinski definition) is 2. The first kappa shape index (κ1) is 17.5. The third-order valence-electron chi connectivity index (χ3n) is 2.96. The highest BCUT2D eigenvalue weighted by Gasteiger charge is 2.33. The SMILES string of the molecule is CCCN(CC)CCNc1cc(C(F)(F)F)nc(NC)n1. The van der Waals surface area contributed by atoms with Gasteiger partial charge in [0.1, 0.15) is 5.82 Å². The van der Waals surface area contributed by atoms with E-state index in [0.29, 0.717) is 6.54 Å². The van der Waals surface area contributed by atoms with Crippen LogP contribution in [0.1, 0.15) is 26.0 Å². The number of hydrogen-bond acceptors (Lipinski definition) is 5. The number of nitrogens with one attached hydrogen (secondary N) is 2. The van der Waals surface area contributed by atoms with E-state index in [4.69, 9.17) is 0 Å². The Morgan fingerprint density at radius 3 is 2.43 bits per heavy atom. The number of aromatic nitrogens is 2. The molecule has 1 aromatic heterocycles. The van der Waals surface area contributed by atoms with Gasteiger partial charge in [-0.3, -0.25) is 0 Å². The Labute approximate surface area is 123 Å². The maximum Gasteiger partial charge on any atom is 0.433 e. The molecule has 0 fully saturated rings. The van der Waals surface area contributed by atoms with Crippen molar-refractivity contribution in [2.45, 2.75) is 26.4 Å². The first-order chi connectivity index (χ1) is 9.90. The molecule has 0 aliphatic heterocycles. The highest BCUT2D eigenvalue weighted by molar-refractivity contribution is 5.42. The van der Waals surface area contributed by atoms with Gasteiger partial charge in [-0.1, -0.05) is 13.8 Å². The lowest BCUT2D eigenvalue weighted by molar-refractivity contribution is -0.141. The molecule has 1 rings (SSSR count). The number of nitrogens with zero attached hydrogens (tertiary/aromatic N) is 3. The second kappa shape index (κ2) is 8.02. The molecular formula is C13H22F3N5. The molecule has 5 nitrogen and oxygen atoms in total. The molecule has 0 unspecified atom stereocenters. The number of anilines is 2. The van der Waals surface area contributed by atoms with Crippen molar-refractivity contribution in [3.63, 3.8) is 0 Å². The Balaban J connectivity index is 2.70. The summed E-state index contributed by atoms with van der Waals surface area (Å²) in [6, 6.07) is 0.928. The first-order valence-corrected chi connectivity index (χ1v) is 7.01. The highest BCUT2D eigenvalue weighted by atomic mass is 19.4. The van der Waals surface area contributed by atoms with E-state index in [0.717, 1.165) is 32.1 Å². The van der Waals surface area contributed by atoms with Crippen molar-refractivity contribution in [2.24, 2.45) is 0 Å². The van der Waals surface area contributed by atoms with E-state index >= 15 is 0 Å². The third kappa shape index (κ3) is 5.74. The highest BCUT2D eigenvalue weighted by Crippen LogP contribution is 2.29. The van der Waals surface area contributed by atoms with Crippen LogP contribution in [0.15, 0.2) is 6.07 Å². The van der Waals surface area contributed by atoms with E-state index in [-0.39, 0.29) is 11.8 Å². The van der Waals surface area contributed by atoms with Crippen molar-refractivity contribution in [2.75, 3.05) is 43.9 Å². The zero-order valence-electron chi connectivity index (χ0n) is 12.6. The average molecular weight is 305 g/mol. The normalized spacial score (nSPS) is 11.8. The van der Waals surface area contributed by atoms with Crippen LogP contribution in [0.25, 0.3) is 0 Å². The number of alkyl halides is 3.